The smallest absolute Gasteiger partial charge is 0.475 e. The van der Waals surface area contributed by atoms with Crippen LogP contribution >= 0.6 is 31.9 Å². The number of nitrogens with two attached hydrogens (primary N) is 4. The summed E-state index contributed by atoms with van der Waals surface area (Å²) >= 11 is 7.29. The molecule has 0 aliphatic carbocycles. The van der Waals surface area contributed by atoms with E-state index in [1.807, 2.05) is 72.8 Å². The van der Waals surface area contributed by atoms with Gasteiger partial charge in [-0.1, -0.05) is 92.5 Å². The molecule has 10 N–H and O–H groups in total. The second-order valence-corrected chi connectivity index (χ2v) is 14.8. The van der Waals surface area contributed by atoms with Crippen molar-refractivity contribution < 1.29 is 60.5 Å². The van der Waals surface area contributed by atoms with Crippen molar-refractivity contribution in [2.75, 3.05) is 26.2 Å². The highest BCUT2D eigenvalue weighted by molar-refractivity contribution is 9.11. The molecule has 0 saturated carbocycles. The van der Waals surface area contributed by atoms with Gasteiger partial charge in [0.15, 0.2) is 11.9 Å². The zero-order valence-corrected chi connectivity index (χ0v) is 34.8. The Morgan fingerprint density at radius 3 is 1.20 bits per heavy atom. The van der Waals surface area contributed by atoms with Crippen LogP contribution in [0.4, 0.5) is 31.1 Å². The van der Waals surface area contributed by atoms with Gasteiger partial charge in [-0.05, 0) is 70.5 Å². The first-order valence-electron chi connectivity index (χ1n) is 17.6. The first-order valence-corrected chi connectivity index (χ1v) is 19.2. The lowest BCUT2D eigenvalue weighted by molar-refractivity contribution is -0.193. The van der Waals surface area contributed by atoms with Gasteiger partial charge in [-0.3, -0.25) is 29.4 Å². The third kappa shape index (κ3) is 13.0. The largest absolute Gasteiger partial charge is 0.490 e. The summed E-state index contributed by atoms with van der Waals surface area (Å²) in [6.45, 7) is 0.463. The third-order valence-electron chi connectivity index (χ3n) is 8.83. The van der Waals surface area contributed by atoms with Crippen molar-refractivity contribution in [3.63, 3.8) is 0 Å². The van der Waals surface area contributed by atoms with Crippen molar-refractivity contribution in [1.29, 1.82) is 0 Å². The van der Waals surface area contributed by atoms with Crippen LogP contribution in [0.5, 0.6) is 0 Å². The van der Waals surface area contributed by atoms with E-state index in [0.29, 0.717) is 12.8 Å². The molecule has 0 radical (unpaired) electrons. The Bertz CT molecular complexity index is 2180. The van der Waals surface area contributed by atoms with E-state index < -0.39 is 47.6 Å². The van der Waals surface area contributed by atoms with Crippen LogP contribution in [0, 0.1) is 5.41 Å². The fourth-order valence-electron chi connectivity index (χ4n) is 6.17. The lowest BCUT2D eigenvalue weighted by Crippen LogP contribution is -2.66. The number of benzene rings is 4. The van der Waals surface area contributed by atoms with E-state index in [-0.39, 0.29) is 50.9 Å². The van der Waals surface area contributed by atoms with Gasteiger partial charge >= 0.3 is 30.3 Å². The Morgan fingerprint density at radius 1 is 0.590 bits per heavy atom. The monoisotopic (exact) mass is 990 g/mol. The maximum absolute atomic E-state index is 14.9. The first-order chi connectivity index (χ1) is 28.4. The Labute approximate surface area is 359 Å². The molecule has 5 rings (SSSR count). The second-order valence-electron chi connectivity index (χ2n) is 13.1. The Hall–Kier alpha value is -5.97. The molecule has 1 saturated heterocycles. The summed E-state index contributed by atoms with van der Waals surface area (Å²) in [6, 6.07) is 22.6. The van der Waals surface area contributed by atoms with Gasteiger partial charge in [0.1, 0.15) is 5.41 Å². The van der Waals surface area contributed by atoms with Crippen molar-refractivity contribution >= 4 is 95.1 Å². The fraction of sp³-hybridized carbons (Fsp3) is 0.289. The molecule has 4 aromatic carbocycles. The molecule has 1 heterocycles. The van der Waals surface area contributed by atoms with Crippen LogP contribution in [-0.2, 0) is 32.0 Å². The number of guanidine groups is 2. The minimum Gasteiger partial charge on any atom is -0.475 e. The van der Waals surface area contributed by atoms with Crippen molar-refractivity contribution in [2.24, 2.45) is 38.3 Å². The van der Waals surface area contributed by atoms with E-state index in [1.54, 1.807) is 0 Å². The molecule has 0 unspecified atom stereocenters. The van der Waals surface area contributed by atoms with E-state index >= 15 is 0 Å². The first kappa shape index (κ1) is 49.4. The van der Waals surface area contributed by atoms with Gasteiger partial charge in [-0.2, -0.15) is 26.3 Å². The summed E-state index contributed by atoms with van der Waals surface area (Å²) in [5.41, 5.74) is 22.0. The number of carboxylic acid groups (broad SMARTS) is 2. The average molecular weight is 993 g/mol. The van der Waals surface area contributed by atoms with Crippen molar-refractivity contribution in [3.8, 4) is 0 Å². The summed E-state index contributed by atoms with van der Waals surface area (Å²) in [6.07, 6.45) is -9.43. The molecule has 61 heavy (non-hydrogen) atoms. The molecule has 0 spiro atoms. The number of urea groups is 1. The summed E-state index contributed by atoms with van der Waals surface area (Å²) in [5.74, 6) is -6.80. The number of nitrogens with zero attached hydrogens (tertiary/aromatic N) is 4. The van der Waals surface area contributed by atoms with Crippen LogP contribution in [0.1, 0.15) is 24.0 Å². The van der Waals surface area contributed by atoms with E-state index in [9.17, 15) is 40.7 Å². The summed E-state index contributed by atoms with van der Waals surface area (Å²) in [4.78, 5) is 71.9. The predicted octanol–water partition coefficient (Wildman–Crippen LogP) is 5.67. The Balaban J connectivity index is 0.000000609. The normalized spacial score (nSPS) is 13.8. The molecule has 1 fully saturated rings. The number of aliphatic imine (C=N–C) groups is 2. The number of imide groups is 2. The number of alkyl halides is 6. The van der Waals surface area contributed by atoms with E-state index in [1.165, 1.54) is 9.80 Å². The number of carbonyl (C=O) groups excluding carboxylic acids is 3. The molecule has 4 amide bonds. The van der Waals surface area contributed by atoms with Crippen molar-refractivity contribution in [3.05, 3.63) is 92.9 Å². The van der Waals surface area contributed by atoms with E-state index in [4.69, 9.17) is 42.7 Å². The van der Waals surface area contributed by atoms with Crippen LogP contribution in [0.2, 0.25) is 0 Å². The molecule has 0 atom stereocenters. The molecule has 23 heteroatoms. The quantitative estimate of drug-likeness (QED) is 0.0331. The third-order valence-corrected chi connectivity index (χ3v) is 10.2. The minimum absolute atomic E-state index is 0.0239. The molecule has 0 bridgehead atoms. The summed E-state index contributed by atoms with van der Waals surface area (Å²) < 4.78 is 65.3. The highest BCUT2D eigenvalue weighted by Crippen LogP contribution is 2.41. The SMILES string of the molecule is NC(N)=NCCCN1C(=O)N(CCCN=C(N)N)C(=O)C(Cc2ccc(Br)c3ccccc23)(Cc2ccc(Br)c3ccccc23)C1=O.O=C(O)C(F)(F)F.O=C(O)C(F)(F)F. The number of aliphatic carboxylic acids is 2. The molecular formula is C38H38Br2F6N8O7. The van der Waals surface area contributed by atoms with Crippen LogP contribution < -0.4 is 22.9 Å². The second kappa shape index (κ2) is 21.0. The average Bonchev–Trinajstić information content (AvgIpc) is 3.18. The number of amides is 4. The number of carboxylic acids is 2. The zero-order valence-electron chi connectivity index (χ0n) is 31.6. The van der Waals surface area contributed by atoms with Crippen LogP contribution in [-0.4, -0.2) is 100 Å². The van der Waals surface area contributed by atoms with Gasteiger partial charge in [-0.15, -0.1) is 0 Å². The molecule has 1 aliphatic heterocycles. The number of hydrogen-bond donors (Lipinski definition) is 6. The highest BCUT2D eigenvalue weighted by Gasteiger charge is 2.57. The van der Waals surface area contributed by atoms with Crippen LogP contribution in [0.25, 0.3) is 21.5 Å². The van der Waals surface area contributed by atoms with Crippen molar-refractivity contribution in [1.82, 2.24) is 9.80 Å². The topological polar surface area (TPSA) is 261 Å². The van der Waals surface area contributed by atoms with Crippen molar-refractivity contribution in [2.45, 2.75) is 38.0 Å². The molecule has 4 aromatic rings. The maximum Gasteiger partial charge on any atom is 0.490 e. The van der Waals surface area contributed by atoms with Gasteiger partial charge in [0.2, 0.25) is 11.8 Å². The summed E-state index contributed by atoms with van der Waals surface area (Å²) in [5, 5.41) is 17.9. The number of fused-ring (bicyclic) bond motifs is 2. The maximum atomic E-state index is 14.9. The fourth-order valence-corrected chi connectivity index (χ4v) is 7.12. The predicted molar refractivity (Wildman–Crippen MR) is 220 cm³/mol. The molecule has 0 aromatic heterocycles. The van der Waals surface area contributed by atoms with Crippen LogP contribution in [0.3, 0.4) is 0 Å². The minimum atomic E-state index is -5.08. The van der Waals surface area contributed by atoms with Crippen LogP contribution in [0.15, 0.2) is 91.7 Å². The Morgan fingerprint density at radius 2 is 0.902 bits per heavy atom. The van der Waals surface area contributed by atoms with Gasteiger partial charge in [0, 0.05) is 35.1 Å². The van der Waals surface area contributed by atoms with Gasteiger partial charge < -0.3 is 33.1 Å². The number of barbiturate groups is 1. The lowest BCUT2D eigenvalue weighted by atomic mass is 9.71. The standard InChI is InChI=1S/C34H36Br2N8O3.2C2HF3O2/c35-27-13-11-21(23-7-1-3-9-25(23)27)19-34(20-22-12-14-28(36)26-10-4-2-8-24(22)26)29(45)43(17-5-15-41-31(37)38)33(47)44(30(34)46)18-6-16-42-32(39)40;2*3-2(4,5)1(6)7/h1-4,7-14H,5-6,15-20H2,(H4,37,38,41)(H4,39,40,42);2*(H,6,7). The zero-order chi connectivity index (χ0) is 45.9. The summed E-state index contributed by atoms with van der Waals surface area (Å²) in [7, 11) is 0. The van der Waals surface area contributed by atoms with Gasteiger partial charge in [0.25, 0.3) is 0 Å². The van der Waals surface area contributed by atoms with Gasteiger partial charge in [-0.25, -0.2) is 14.4 Å². The molecular weight excluding hydrogens is 954 g/mol. The molecule has 1 aliphatic rings. The van der Waals surface area contributed by atoms with E-state index in [2.05, 4.69) is 41.8 Å². The number of carbonyl (C=O) groups is 5. The molecule has 328 valence electrons. The van der Waals surface area contributed by atoms with E-state index in [0.717, 1.165) is 41.6 Å². The Kier molecular flexibility index (Phi) is 17.0. The van der Waals surface area contributed by atoms with Gasteiger partial charge in [0.05, 0.1) is 0 Å². The number of hydrogen-bond acceptors (Lipinski definition) is 7. The molecule has 15 nitrogen and oxygen atoms in total. The number of rotatable bonds is 12. The highest BCUT2D eigenvalue weighted by atomic mass is 79.9. The lowest BCUT2D eigenvalue weighted by Gasteiger charge is -2.44. The number of halogens is 8.